The molecule has 2 rings (SSSR count). The van der Waals surface area contributed by atoms with Crippen LogP contribution >= 0.6 is 0 Å². The number of hydrogen-bond acceptors (Lipinski definition) is 1. The molecule has 0 heterocycles. The van der Waals surface area contributed by atoms with Crippen LogP contribution in [0, 0.1) is 6.42 Å². The van der Waals surface area contributed by atoms with E-state index in [1.54, 1.807) is 7.11 Å². The number of fused-ring (bicyclic) bond motifs is 1. The third kappa shape index (κ3) is 1.46. The number of methoxy groups -OCH3 is 1. The maximum absolute atomic E-state index is 5.24. The first-order valence-electron chi connectivity index (χ1n) is 4.71. The fourth-order valence-electron chi connectivity index (χ4n) is 1.67. The molecule has 0 unspecified atom stereocenters. The SMILES string of the molecule is C[CH]c1cc(OC)cc2ccccc12. The maximum Gasteiger partial charge on any atom is 0.119 e. The fourth-order valence-corrected chi connectivity index (χ4v) is 1.67. The first kappa shape index (κ1) is 9.07. The van der Waals surface area contributed by atoms with Gasteiger partial charge in [0.2, 0.25) is 0 Å². The third-order valence-electron chi connectivity index (χ3n) is 2.41. The highest BCUT2D eigenvalue weighted by Crippen LogP contribution is 2.25. The number of hydrogen-bond donors (Lipinski definition) is 0. The van der Waals surface area contributed by atoms with Crippen LogP contribution in [0.2, 0.25) is 0 Å². The van der Waals surface area contributed by atoms with Crippen LogP contribution in [0.5, 0.6) is 5.75 Å². The quantitative estimate of drug-likeness (QED) is 0.696. The summed E-state index contributed by atoms with van der Waals surface area (Å²) in [5, 5.41) is 2.50. The zero-order valence-electron chi connectivity index (χ0n) is 8.45. The van der Waals surface area contributed by atoms with E-state index >= 15 is 0 Å². The molecule has 0 fully saturated rings. The lowest BCUT2D eigenvalue weighted by Gasteiger charge is -2.07. The Kier molecular flexibility index (Phi) is 2.40. The Labute approximate surface area is 84.3 Å². The lowest BCUT2D eigenvalue weighted by atomic mass is 10.0. The van der Waals surface area contributed by atoms with Gasteiger partial charge in [-0.3, -0.25) is 0 Å². The van der Waals surface area contributed by atoms with E-state index in [-0.39, 0.29) is 0 Å². The van der Waals surface area contributed by atoms with Crippen molar-refractivity contribution in [1.82, 2.24) is 0 Å². The van der Waals surface area contributed by atoms with Crippen molar-refractivity contribution in [3.63, 3.8) is 0 Å². The van der Waals surface area contributed by atoms with Crippen LogP contribution in [0.25, 0.3) is 10.8 Å². The Balaban J connectivity index is 2.73. The van der Waals surface area contributed by atoms with Gasteiger partial charge in [0.05, 0.1) is 7.11 Å². The Morgan fingerprint density at radius 2 is 1.93 bits per heavy atom. The molecule has 0 N–H and O–H groups in total. The van der Waals surface area contributed by atoms with Crippen LogP contribution in [0.15, 0.2) is 36.4 Å². The molecule has 0 spiro atoms. The molecule has 0 amide bonds. The average Bonchev–Trinajstić information content (AvgIpc) is 2.27. The average molecular weight is 185 g/mol. The second-order valence-corrected chi connectivity index (χ2v) is 3.23. The summed E-state index contributed by atoms with van der Waals surface area (Å²) in [5.41, 5.74) is 1.22. The monoisotopic (exact) mass is 185 g/mol. The van der Waals surface area contributed by atoms with Gasteiger partial charge in [0, 0.05) is 0 Å². The Morgan fingerprint density at radius 1 is 1.14 bits per heavy atom. The van der Waals surface area contributed by atoms with E-state index < -0.39 is 0 Å². The van der Waals surface area contributed by atoms with Crippen molar-refractivity contribution in [3.8, 4) is 5.75 Å². The van der Waals surface area contributed by atoms with Crippen molar-refractivity contribution in [2.45, 2.75) is 6.92 Å². The highest BCUT2D eigenvalue weighted by atomic mass is 16.5. The highest BCUT2D eigenvalue weighted by molar-refractivity contribution is 5.88. The van der Waals surface area contributed by atoms with Crippen LogP contribution in [0.3, 0.4) is 0 Å². The van der Waals surface area contributed by atoms with Gasteiger partial charge in [-0.05, 0) is 34.9 Å². The summed E-state index contributed by atoms with van der Waals surface area (Å²) in [4.78, 5) is 0. The first-order valence-corrected chi connectivity index (χ1v) is 4.71. The topological polar surface area (TPSA) is 9.23 Å². The minimum Gasteiger partial charge on any atom is -0.497 e. The van der Waals surface area contributed by atoms with Gasteiger partial charge < -0.3 is 4.74 Å². The molecule has 0 aliphatic rings. The summed E-state index contributed by atoms with van der Waals surface area (Å²) < 4.78 is 5.24. The number of benzene rings is 2. The van der Waals surface area contributed by atoms with Crippen molar-refractivity contribution in [3.05, 3.63) is 48.4 Å². The van der Waals surface area contributed by atoms with Gasteiger partial charge >= 0.3 is 0 Å². The lowest BCUT2D eigenvalue weighted by Crippen LogP contribution is -1.87. The smallest absolute Gasteiger partial charge is 0.119 e. The summed E-state index contributed by atoms with van der Waals surface area (Å²) in [7, 11) is 1.70. The van der Waals surface area contributed by atoms with E-state index in [1.165, 1.54) is 16.3 Å². The van der Waals surface area contributed by atoms with Gasteiger partial charge in [-0.2, -0.15) is 0 Å². The first-order chi connectivity index (χ1) is 6.85. The molecule has 0 aliphatic heterocycles. The number of ether oxygens (including phenoxy) is 1. The van der Waals surface area contributed by atoms with Crippen molar-refractivity contribution < 1.29 is 4.74 Å². The summed E-state index contributed by atoms with van der Waals surface area (Å²) in [6, 6.07) is 12.4. The summed E-state index contributed by atoms with van der Waals surface area (Å²) >= 11 is 0. The molecule has 0 atom stereocenters. The van der Waals surface area contributed by atoms with Gasteiger partial charge in [0.25, 0.3) is 0 Å². The molecule has 1 heteroatoms. The van der Waals surface area contributed by atoms with E-state index in [1.807, 2.05) is 13.0 Å². The summed E-state index contributed by atoms with van der Waals surface area (Å²) in [5.74, 6) is 0.914. The molecule has 0 saturated carbocycles. The molecule has 71 valence electrons. The Morgan fingerprint density at radius 3 is 2.64 bits per heavy atom. The molecule has 14 heavy (non-hydrogen) atoms. The van der Waals surface area contributed by atoms with Crippen molar-refractivity contribution in [2.24, 2.45) is 0 Å². The Hall–Kier alpha value is -1.50. The van der Waals surface area contributed by atoms with Gasteiger partial charge in [-0.15, -0.1) is 0 Å². The normalized spacial score (nSPS) is 10.4. The fraction of sp³-hybridized carbons (Fsp3) is 0.154. The van der Waals surface area contributed by atoms with Gasteiger partial charge in [0.15, 0.2) is 0 Å². The van der Waals surface area contributed by atoms with Crippen LogP contribution in [-0.4, -0.2) is 7.11 Å². The van der Waals surface area contributed by atoms with Crippen molar-refractivity contribution in [1.29, 1.82) is 0 Å². The third-order valence-corrected chi connectivity index (χ3v) is 2.41. The molecule has 0 aliphatic carbocycles. The maximum atomic E-state index is 5.24. The van der Waals surface area contributed by atoms with E-state index in [2.05, 4.69) is 36.8 Å². The van der Waals surface area contributed by atoms with Crippen LogP contribution in [-0.2, 0) is 0 Å². The molecule has 0 saturated heterocycles. The van der Waals surface area contributed by atoms with Crippen molar-refractivity contribution >= 4 is 10.8 Å². The van der Waals surface area contributed by atoms with E-state index in [0.29, 0.717) is 0 Å². The lowest BCUT2D eigenvalue weighted by molar-refractivity contribution is 0.415. The minimum absolute atomic E-state index is 0.914. The molecule has 0 bridgehead atoms. The molecular weight excluding hydrogens is 172 g/mol. The molecule has 1 nitrogen and oxygen atoms in total. The van der Waals surface area contributed by atoms with Gasteiger partial charge in [-0.25, -0.2) is 0 Å². The summed E-state index contributed by atoms with van der Waals surface area (Å²) in [6.45, 7) is 2.04. The van der Waals surface area contributed by atoms with E-state index in [9.17, 15) is 0 Å². The standard InChI is InChI=1S/C13H13O/c1-3-10-8-12(14-2)9-11-6-4-5-7-13(10)11/h3-9H,1-2H3. The van der Waals surface area contributed by atoms with Crippen molar-refractivity contribution in [2.75, 3.05) is 7.11 Å². The summed E-state index contributed by atoms with van der Waals surface area (Å²) in [6.07, 6.45) is 2.10. The second kappa shape index (κ2) is 3.70. The predicted octanol–water partition coefficient (Wildman–Crippen LogP) is 3.42. The van der Waals surface area contributed by atoms with E-state index in [0.717, 1.165) is 5.75 Å². The van der Waals surface area contributed by atoms with Crippen LogP contribution < -0.4 is 4.74 Å². The zero-order valence-corrected chi connectivity index (χ0v) is 8.45. The molecule has 2 aromatic carbocycles. The van der Waals surface area contributed by atoms with Crippen LogP contribution in [0.1, 0.15) is 12.5 Å². The largest absolute Gasteiger partial charge is 0.497 e. The second-order valence-electron chi connectivity index (χ2n) is 3.23. The molecule has 1 radical (unpaired) electrons. The highest BCUT2D eigenvalue weighted by Gasteiger charge is 2.01. The molecular formula is C13H13O. The van der Waals surface area contributed by atoms with Crippen LogP contribution in [0.4, 0.5) is 0 Å². The zero-order chi connectivity index (χ0) is 9.97. The Bertz CT molecular complexity index is 446. The minimum atomic E-state index is 0.914. The van der Waals surface area contributed by atoms with Gasteiger partial charge in [0.1, 0.15) is 5.75 Å². The molecule has 2 aromatic rings. The predicted molar refractivity (Wildman–Crippen MR) is 59.6 cm³/mol. The molecule has 0 aromatic heterocycles. The number of rotatable bonds is 2. The van der Waals surface area contributed by atoms with E-state index in [4.69, 9.17) is 4.74 Å². The van der Waals surface area contributed by atoms with Gasteiger partial charge in [-0.1, -0.05) is 31.2 Å².